The number of halogens is 2. The Labute approximate surface area is 132 Å². The van der Waals surface area contributed by atoms with Gasteiger partial charge in [-0.2, -0.15) is 0 Å². The van der Waals surface area contributed by atoms with E-state index in [-0.39, 0.29) is 12.5 Å². The molecule has 3 N–H and O–H groups in total. The minimum absolute atomic E-state index is 0.251. The number of nitrogens with zero attached hydrogens (tertiary/aromatic N) is 1. The van der Waals surface area contributed by atoms with Crippen molar-refractivity contribution in [1.82, 2.24) is 4.98 Å². The number of aryl methyl sites for hydroxylation is 2. The summed E-state index contributed by atoms with van der Waals surface area (Å²) >= 11 is 13.9. The number of hydrogen-bond donors (Lipinski definition) is 2. The molecule has 2 atom stereocenters. The molecular weight excluding hydrogens is 315 g/mol. The van der Waals surface area contributed by atoms with Crippen LogP contribution in [0.2, 0.25) is 10.0 Å². The van der Waals surface area contributed by atoms with Gasteiger partial charge in [0.15, 0.2) is 0 Å². The Morgan fingerprint density at radius 2 is 1.90 bits per heavy atom. The van der Waals surface area contributed by atoms with E-state index < -0.39 is 6.10 Å². The van der Waals surface area contributed by atoms with Crippen molar-refractivity contribution >= 4 is 34.5 Å². The van der Waals surface area contributed by atoms with E-state index in [2.05, 4.69) is 4.98 Å². The van der Waals surface area contributed by atoms with Gasteiger partial charge in [-0.15, -0.1) is 11.3 Å². The lowest BCUT2D eigenvalue weighted by atomic mass is 9.92. The number of benzene rings is 1. The first kappa shape index (κ1) is 15.7. The largest absolute Gasteiger partial charge is 0.387 e. The second-order valence-corrected chi connectivity index (χ2v) is 6.65. The Hall–Kier alpha value is -0.650. The van der Waals surface area contributed by atoms with Gasteiger partial charge in [0.2, 0.25) is 0 Å². The van der Waals surface area contributed by atoms with E-state index in [1.54, 1.807) is 18.2 Å². The molecule has 0 fully saturated rings. The van der Waals surface area contributed by atoms with Gasteiger partial charge in [-0.1, -0.05) is 29.3 Å². The Morgan fingerprint density at radius 1 is 1.30 bits per heavy atom. The van der Waals surface area contributed by atoms with Crippen LogP contribution in [-0.2, 0) is 0 Å². The summed E-state index contributed by atoms with van der Waals surface area (Å²) in [4.78, 5) is 5.15. The van der Waals surface area contributed by atoms with Crippen LogP contribution in [0.15, 0.2) is 18.2 Å². The van der Waals surface area contributed by atoms with Crippen molar-refractivity contribution in [3.05, 3.63) is 49.4 Å². The maximum atomic E-state index is 10.6. The Balaban J connectivity index is 2.45. The highest BCUT2D eigenvalue weighted by Gasteiger charge is 2.28. The zero-order valence-corrected chi connectivity index (χ0v) is 13.6. The molecule has 0 saturated carbocycles. The van der Waals surface area contributed by atoms with Crippen molar-refractivity contribution in [3.8, 4) is 0 Å². The fourth-order valence-electron chi connectivity index (χ4n) is 2.27. The summed E-state index contributed by atoms with van der Waals surface area (Å²) in [6.45, 7) is 4.04. The molecule has 3 nitrogen and oxygen atoms in total. The number of hydrogen-bond acceptors (Lipinski definition) is 4. The number of rotatable bonds is 4. The average molecular weight is 331 g/mol. The third-order valence-electron chi connectivity index (χ3n) is 3.21. The number of aliphatic hydroxyl groups excluding tert-OH is 1. The van der Waals surface area contributed by atoms with E-state index in [1.165, 1.54) is 11.3 Å². The Bertz CT molecular complexity index is 595. The van der Waals surface area contributed by atoms with E-state index in [9.17, 15) is 5.11 Å². The summed E-state index contributed by atoms with van der Waals surface area (Å²) in [6.07, 6.45) is -0.761. The summed E-state index contributed by atoms with van der Waals surface area (Å²) in [6, 6.07) is 5.28. The van der Waals surface area contributed by atoms with Gasteiger partial charge in [-0.25, -0.2) is 4.98 Å². The molecule has 0 amide bonds. The molecule has 1 heterocycles. The van der Waals surface area contributed by atoms with Gasteiger partial charge in [0, 0.05) is 22.5 Å². The fourth-order valence-corrected chi connectivity index (χ4v) is 3.93. The molecule has 0 aliphatic rings. The molecule has 0 aliphatic heterocycles. The van der Waals surface area contributed by atoms with Gasteiger partial charge in [0.25, 0.3) is 0 Å². The van der Waals surface area contributed by atoms with Crippen LogP contribution in [0.1, 0.15) is 33.2 Å². The molecule has 1 aromatic carbocycles. The Morgan fingerprint density at radius 3 is 2.35 bits per heavy atom. The summed E-state index contributed by atoms with van der Waals surface area (Å²) < 4.78 is 0. The first-order valence-electron chi connectivity index (χ1n) is 6.21. The summed E-state index contributed by atoms with van der Waals surface area (Å²) in [7, 11) is 0. The highest BCUT2D eigenvalue weighted by atomic mass is 35.5. The zero-order chi connectivity index (χ0) is 14.9. The number of aliphatic hydroxyl groups is 1. The van der Waals surface area contributed by atoms with Crippen molar-refractivity contribution in [2.24, 2.45) is 5.73 Å². The lowest BCUT2D eigenvalue weighted by Crippen LogP contribution is -2.21. The van der Waals surface area contributed by atoms with Gasteiger partial charge >= 0.3 is 0 Å². The van der Waals surface area contributed by atoms with E-state index in [0.29, 0.717) is 15.6 Å². The molecule has 0 radical (unpaired) electrons. The van der Waals surface area contributed by atoms with Crippen LogP contribution in [0.5, 0.6) is 0 Å². The molecule has 6 heteroatoms. The topological polar surface area (TPSA) is 59.1 Å². The quantitative estimate of drug-likeness (QED) is 0.895. The average Bonchev–Trinajstić information content (AvgIpc) is 2.72. The maximum Gasteiger partial charge on any atom is 0.0982 e. The van der Waals surface area contributed by atoms with Crippen molar-refractivity contribution < 1.29 is 5.11 Å². The minimum atomic E-state index is -0.761. The molecule has 2 unspecified atom stereocenters. The van der Waals surface area contributed by atoms with Gasteiger partial charge in [-0.3, -0.25) is 0 Å². The van der Waals surface area contributed by atoms with Crippen molar-refractivity contribution in [2.75, 3.05) is 6.54 Å². The maximum absolute atomic E-state index is 10.6. The molecule has 2 aromatic rings. The van der Waals surface area contributed by atoms with E-state index in [4.69, 9.17) is 28.9 Å². The van der Waals surface area contributed by atoms with Crippen LogP contribution in [0.3, 0.4) is 0 Å². The highest BCUT2D eigenvalue weighted by Crippen LogP contribution is 2.40. The second-order valence-electron chi connectivity index (χ2n) is 4.60. The van der Waals surface area contributed by atoms with Crippen molar-refractivity contribution in [3.63, 3.8) is 0 Å². The highest BCUT2D eigenvalue weighted by molar-refractivity contribution is 7.11. The van der Waals surface area contributed by atoms with Gasteiger partial charge < -0.3 is 10.8 Å². The predicted molar refractivity (Wildman–Crippen MR) is 84.8 cm³/mol. The normalized spacial score (nSPS) is 14.3. The molecule has 0 bridgehead atoms. The van der Waals surface area contributed by atoms with Crippen LogP contribution in [0.4, 0.5) is 0 Å². The molecular formula is C14H16Cl2N2OS. The monoisotopic (exact) mass is 330 g/mol. The molecule has 20 heavy (non-hydrogen) atoms. The van der Waals surface area contributed by atoms with E-state index in [1.807, 2.05) is 13.8 Å². The van der Waals surface area contributed by atoms with Gasteiger partial charge in [-0.05, 0) is 31.5 Å². The zero-order valence-electron chi connectivity index (χ0n) is 11.2. The third kappa shape index (κ3) is 3.00. The van der Waals surface area contributed by atoms with Crippen LogP contribution in [-0.4, -0.2) is 16.6 Å². The van der Waals surface area contributed by atoms with Crippen LogP contribution >= 0.6 is 34.5 Å². The minimum Gasteiger partial charge on any atom is -0.387 e. The molecule has 1 aromatic heterocycles. The van der Waals surface area contributed by atoms with Crippen LogP contribution < -0.4 is 5.73 Å². The molecule has 0 saturated heterocycles. The van der Waals surface area contributed by atoms with Gasteiger partial charge in [0.1, 0.15) is 0 Å². The number of nitrogens with two attached hydrogens (primary N) is 1. The summed E-state index contributed by atoms with van der Waals surface area (Å²) in [5.41, 5.74) is 7.36. The second kappa shape index (κ2) is 6.41. The lowest BCUT2D eigenvalue weighted by molar-refractivity contribution is 0.150. The van der Waals surface area contributed by atoms with E-state index in [0.717, 1.165) is 15.6 Å². The SMILES string of the molecule is Cc1nc(C)c(C(O)C(CN)c2c(Cl)cccc2Cl)s1. The van der Waals surface area contributed by atoms with Gasteiger partial charge in [0.05, 0.1) is 21.7 Å². The number of aromatic nitrogens is 1. The summed E-state index contributed by atoms with van der Waals surface area (Å²) in [5, 5.41) is 12.6. The van der Waals surface area contributed by atoms with E-state index >= 15 is 0 Å². The molecule has 0 spiro atoms. The molecule has 2 rings (SSSR count). The van der Waals surface area contributed by atoms with Crippen LogP contribution in [0, 0.1) is 13.8 Å². The van der Waals surface area contributed by atoms with Crippen LogP contribution in [0.25, 0.3) is 0 Å². The smallest absolute Gasteiger partial charge is 0.0982 e. The standard InChI is InChI=1S/C14H16Cl2N2OS/c1-7-14(20-8(2)18-7)13(19)9(6-17)12-10(15)4-3-5-11(12)16/h3-5,9,13,19H,6,17H2,1-2H3. The summed E-state index contributed by atoms with van der Waals surface area (Å²) in [5.74, 6) is -0.352. The molecule has 0 aliphatic carbocycles. The van der Waals surface area contributed by atoms with Crippen molar-refractivity contribution in [2.45, 2.75) is 25.9 Å². The third-order valence-corrected chi connectivity index (χ3v) is 5.02. The van der Waals surface area contributed by atoms with Crippen molar-refractivity contribution in [1.29, 1.82) is 0 Å². The Kier molecular flexibility index (Phi) is 5.04. The molecule has 108 valence electrons. The fraction of sp³-hybridized carbons (Fsp3) is 0.357. The number of thiazole rings is 1. The first-order chi connectivity index (χ1) is 9.45. The predicted octanol–water partition coefficient (Wildman–Crippen LogP) is 3.84. The first-order valence-corrected chi connectivity index (χ1v) is 7.79. The lowest BCUT2D eigenvalue weighted by Gasteiger charge is -2.23.